The standard InChI is InChI=1S/C23H26N8O2/c1-2-30-19(16-4-8-24-9-5-16)26-18-20(29-10-12-33-13-11-29)27-22(28-21(18)30)31-15-17(14-25-31)23(32)6-3-7-23/h4-5,8-9,14-15,32H,2-3,6-7,10-13H2,1H3. The SMILES string of the molecule is CCn1c(-c2ccncc2)nc2c(N3CCOCC3)nc(-n3cc(C4(O)CCC4)cn3)nc21. The van der Waals surface area contributed by atoms with Crippen LogP contribution in [0.15, 0.2) is 36.9 Å². The second kappa shape index (κ2) is 7.89. The number of aliphatic hydroxyl groups is 1. The van der Waals surface area contributed by atoms with Crippen molar-refractivity contribution in [2.45, 2.75) is 38.3 Å². The summed E-state index contributed by atoms with van der Waals surface area (Å²) in [4.78, 5) is 21.1. The Bertz CT molecular complexity index is 1290. The first-order valence-electron chi connectivity index (χ1n) is 11.5. The van der Waals surface area contributed by atoms with E-state index in [1.165, 1.54) is 0 Å². The number of anilines is 1. The molecule has 1 N–H and O–H groups in total. The first-order valence-corrected chi connectivity index (χ1v) is 11.5. The quantitative estimate of drug-likeness (QED) is 0.498. The van der Waals surface area contributed by atoms with Crippen molar-refractivity contribution in [3.8, 4) is 17.3 Å². The molecule has 0 atom stereocenters. The van der Waals surface area contributed by atoms with Crippen molar-refractivity contribution in [2.24, 2.45) is 0 Å². The van der Waals surface area contributed by atoms with Crippen molar-refractivity contribution in [3.63, 3.8) is 0 Å². The Balaban J connectivity index is 1.53. The van der Waals surface area contributed by atoms with Crippen LogP contribution in [0.25, 0.3) is 28.5 Å². The van der Waals surface area contributed by atoms with Gasteiger partial charge in [0, 0.05) is 49.4 Å². The lowest BCUT2D eigenvalue weighted by Crippen LogP contribution is -2.37. The summed E-state index contributed by atoms with van der Waals surface area (Å²) in [7, 11) is 0. The maximum absolute atomic E-state index is 10.7. The zero-order chi connectivity index (χ0) is 22.4. The van der Waals surface area contributed by atoms with Gasteiger partial charge in [-0.25, -0.2) is 9.67 Å². The van der Waals surface area contributed by atoms with E-state index >= 15 is 0 Å². The average Bonchev–Trinajstić information content (AvgIpc) is 3.48. The van der Waals surface area contributed by atoms with Crippen molar-refractivity contribution in [3.05, 3.63) is 42.5 Å². The largest absolute Gasteiger partial charge is 0.385 e. The van der Waals surface area contributed by atoms with Gasteiger partial charge < -0.3 is 19.3 Å². The van der Waals surface area contributed by atoms with Crippen LogP contribution in [0.1, 0.15) is 31.7 Å². The molecule has 1 saturated heterocycles. The van der Waals surface area contributed by atoms with Gasteiger partial charge >= 0.3 is 0 Å². The number of imidazole rings is 1. The molecule has 10 heteroatoms. The van der Waals surface area contributed by atoms with Crippen LogP contribution >= 0.6 is 0 Å². The summed E-state index contributed by atoms with van der Waals surface area (Å²) in [6.45, 7) is 5.55. The molecule has 0 spiro atoms. The van der Waals surface area contributed by atoms with Crippen LogP contribution in [0.5, 0.6) is 0 Å². The van der Waals surface area contributed by atoms with Crippen LogP contribution in [0.4, 0.5) is 5.82 Å². The Morgan fingerprint density at radius 1 is 1.09 bits per heavy atom. The van der Waals surface area contributed by atoms with Crippen LogP contribution in [-0.4, -0.2) is 65.7 Å². The lowest BCUT2D eigenvalue weighted by molar-refractivity contribution is -0.0388. The molecule has 2 aliphatic rings. The van der Waals surface area contributed by atoms with Gasteiger partial charge in [0.2, 0.25) is 0 Å². The summed E-state index contributed by atoms with van der Waals surface area (Å²) in [5.41, 5.74) is 2.53. The maximum atomic E-state index is 10.7. The highest BCUT2D eigenvalue weighted by Gasteiger charge is 2.37. The molecule has 1 aliphatic heterocycles. The summed E-state index contributed by atoms with van der Waals surface area (Å²) < 4.78 is 9.33. The molecule has 1 saturated carbocycles. The minimum Gasteiger partial charge on any atom is -0.385 e. The predicted octanol–water partition coefficient (Wildman–Crippen LogP) is 2.30. The average molecular weight is 447 g/mol. The van der Waals surface area contributed by atoms with Gasteiger partial charge in [-0.1, -0.05) is 0 Å². The lowest BCUT2D eigenvalue weighted by Gasteiger charge is -2.35. The third-order valence-corrected chi connectivity index (χ3v) is 6.64. The summed E-state index contributed by atoms with van der Waals surface area (Å²) >= 11 is 0. The molecule has 6 rings (SSSR count). The minimum absolute atomic E-state index is 0.467. The molecule has 0 amide bonds. The molecule has 33 heavy (non-hydrogen) atoms. The fourth-order valence-electron chi connectivity index (χ4n) is 4.57. The van der Waals surface area contributed by atoms with Crippen molar-refractivity contribution in [2.75, 3.05) is 31.2 Å². The minimum atomic E-state index is -0.783. The highest BCUT2D eigenvalue weighted by atomic mass is 16.5. The van der Waals surface area contributed by atoms with Crippen LogP contribution in [0.2, 0.25) is 0 Å². The molecular formula is C23H26N8O2. The fourth-order valence-corrected chi connectivity index (χ4v) is 4.57. The number of aryl methyl sites for hydroxylation is 1. The van der Waals surface area contributed by atoms with Crippen molar-refractivity contribution in [1.82, 2.24) is 34.3 Å². The molecule has 4 aromatic rings. The normalized spacial score (nSPS) is 17.9. The van der Waals surface area contributed by atoms with Gasteiger partial charge in [0.15, 0.2) is 17.0 Å². The summed E-state index contributed by atoms with van der Waals surface area (Å²) in [6, 6.07) is 3.91. The highest BCUT2D eigenvalue weighted by molar-refractivity contribution is 5.87. The Labute approximate surface area is 190 Å². The van der Waals surface area contributed by atoms with Gasteiger partial charge in [0.25, 0.3) is 5.95 Å². The predicted molar refractivity (Wildman–Crippen MR) is 122 cm³/mol. The zero-order valence-corrected chi connectivity index (χ0v) is 18.6. The number of ether oxygens (including phenoxy) is 1. The number of morpholine rings is 1. The molecule has 0 bridgehead atoms. The Hall–Kier alpha value is -3.37. The first-order chi connectivity index (χ1) is 16.2. The van der Waals surface area contributed by atoms with E-state index < -0.39 is 5.60 Å². The van der Waals surface area contributed by atoms with Gasteiger partial charge in [0.05, 0.1) is 25.0 Å². The summed E-state index contributed by atoms with van der Waals surface area (Å²) in [5.74, 6) is 2.08. The van der Waals surface area contributed by atoms with Crippen molar-refractivity contribution in [1.29, 1.82) is 0 Å². The van der Waals surface area contributed by atoms with Crippen molar-refractivity contribution < 1.29 is 9.84 Å². The van der Waals surface area contributed by atoms with Crippen LogP contribution in [-0.2, 0) is 16.9 Å². The monoisotopic (exact) mass is 446 g/mol. The van der Waals surface area contributed by atoms with Gasteiger partial charge in [-0.15, -0.1) is 0 Å². The van der Waals surface area contributed by atoms with Crippen LogP contribution in [0.3, 0.4) is 0 Å². The summed E-state index contributed by atoms with van der Waals surface area (Å²) in [6.07, 6.45) is 9.65. The maximum Gasteiger partial charge on any atom is 0.254 e. The molecule has 5 heterocycles. The molecule has 0 aromatic carbocycles. The molecule has 0 radical (unpaired) electrons. The smallest absolute Gasteiger partial charge is 0.254 e. The fraction of sp³-hybridized carbons (Fsp3) is 0.435. The van der Waals surface area contributed by atoms with E-state index in [1.807, 2.05) is 18.3 Å². The second-order valence-electron chi connectivity index (χ2n) is 8.59. The van der Waals surface area contributed by atoms with E-state index in [0.29, 0.717) is 25.7 Å². The van der Waals surface area contributed by atoms with E-state index in [2.05, 4.69) is 26.5 Å². The number of hydrogen-bond donors (Lipinski definition) is 1. The topological polar surface area (TPSA) is 107 Å². The lowest BCUT2D eigenvalue weighted by atomic mass is 9.76. The number of aromatic nitrogens is 7. The Kier molecular flexibility index (Phi) is 4.84. The third kappa shape index (κ3) is 3.37. The van der Waals surface area contributed by atoms with Crippen molar-refractivity contribution >= 4 is 17.0 Å². The number of pyridine rings is 1. The van der Waals surface area contributed by atoms with E-state index in [9.17, 15) is 5.11 Å². The van der Waals surface area contributed by atoms with Gasteiger partial charge in [0.1, 0.15) is 5.82 Å². The Morgan fingerprint density at radius 2 is 1.88 bits per heavy atom. The van der Waals surface area contributed by atoms with E-state index in [-0.39, 0.29) is 0 Å². The molecular weight excluding hydrogens is 420 g/mol. The molecule has 1 aliphatic carbocycles. The second-order valence-corrected chi connectivity index (χ2v) is 8.59. The number of fused-ring (bicyclic) bond motifs is 1. The zero-order valence-electron chi connectivity index (χ0n) is 18.6. The van der Waals surface area contributed by atoms with E-state index in [0.717, 1.165) is 66.3 Å². The van der Waals surface area contributed by atoms with E-state index in [4.69, 9.17) is 19.7 Å². The number of nitrogens with zero attached hydrogens (tertiary/aromatic N) is 8. The number of rotatable bonds is 5. The molecule has 10 nitrogen and oxygen atoms in total. The van der Waals surface area contributed by atoms with Gasteiger partial charge in [-0.2, -0.15) is 15.1 Å². The third-order valence-electron chi connectivity index (χ3n) is 6.64. The highest BCUT2D eigenvalue weighted by Crippen LogP contribution is 2.41. The van der Waals surface area contributed by atoms with Crippen LogP contribution in [0, 0.1) is 0 Å². The van der Waals surface area contributed by atoms with Gasteiger partial charge in [-0.3, -0.25) is 4.98 Å². The van der Waals surface area contributed by atoms with E-state index in [1.54, 1.807) is 23.3 Å². The van der Waals surface area contributed by atoms with Crippen LogP contribution < -0.4 is 4.90 Å². The first kappa shape index (κ1) is 20.3. The number of hydrogen-bond acceptors (Lipinski definition) is 8. The molecule has 2 fully saturated rings. The molecule has 4 aromatic heterocycles. The molecule has 0 unspecified atom stereocenters. The Morgan fingerprint density at radius 3 is 2.58 bits per heavy atom. The van der Waals surface area contributed by atoms with Gasteiger partial charge in [-0.05, 0) is 38.3 Å². The molecule has 170 valence electrons. The summed E-state index contributed by atoms with van der Waals surface area (Å²) in [5, 5.41) is 15.2.